The van der Waals surface area contributed by atoms with Gasteiger partial charge in [-0.2, -0.15) is 0 Å². The molecule has 0 spiro atoms. The van der Waals surface area contributed by atoms with Crippen LogP contribution < -0.4 is 33.2 Å². The second-order valence-electron chi connectivity index (χ2n) is 9.62. The Hall–Kier alpha value is -4.13. The summed E-state index contributed by atoms with van der Waals surface area (Å²) in [6.45, 7) is 5.31. The van der Waals surface area contributed by atoms with Gasteiger partial charge in [0.1, 0.15) is 18.1 Å². The molecule has 214 valence electrons. The van der Waals surface area contributed by atoms with E-state index in [0.717, 1.165) is 16.5 Å². The molecule has 2 aromatic rings. The molecule has 39 heavy (non-hydrogen) atoms. The van der Waals surface area contributed by atoms with E-state index in [1.807, 2.05) is 31.2 Å². The number of hydrogen-bond donors (Lipinski definition) is 8. The second-order valence-corrected chi connectivity index (χ2v) is 9.62. The standard InChI is InChI=1S/C26H40N8O5/c1-4-14(2)21(24(37)33-20(25(38)39)10-7-11-30-26(28)29)34-22(35)15(3)32-23(36)18(27)12-16-13-31-19-9-6-5-8-17(16)19/h5-6,8-9,13-15,18,20-21,31H,4,7,10-12,27H2,1-3H3,(H,32,36)(H,33,37)(H,34,35)(H,38,39)(H4,28,29,30). The zero-order chi connectivity index (χ0) is 29.1. The summed E-state index contributed by atoms with van der Waals surface area (Å²) in [5.41, 5.74) is 18.5. The smallest absolute Gasteiger partial charge is 0.326 e. The Morgan fingerprint density at radius 3 is 2.36 bits per heavy atom. The topological polar surface area (TPSA) is 231 Å². The zero-order valence-electron chi connectivity index (χ0n) is 22.6. The molecule has 1 aromatic carbocycles. The number of fused-ring (bicyclic) bond motifs is 1. The fourth-order valence-corrected chi connectivity index (χ4v) is 4.02. The molecule has 13 nitrogen and oxygen atoms in total. The molecule has 2 rings (SSSR count). The molecule has 1 heterocycles. The van der Waals surface area contributed by atoms with Crippen LogP contribution in [0.5, 0.6) is 0 Å². The number of carbonyl (C=O) groups excluding carboxylic acids is 3. The Bertz CT molecular complexity index is 1180. The molecular formula is C26H40N8O5. The van der Waals surface area contributed by atoms with E-state index in [2.05, 4.69) is 25.9 Å². The van der Waals surface area contributed by atoms with Gasteiger partial charge < -0.3 is 43.2 Å². The minimum absolute atomic E-state index is 0.0970. The number of hydrogen-bond acceptors (Lipinski definition) is 6. The van der Waals surface area contributed by atoms with E-state index in [9.17, 15) is 24.3 Å². The van der Waals surface area contributed by atoms with Gasteiger partial charge in [-0.15, -0.1) is 0 Å². The molecule has 0 radical (unpaired) electrons. The minimum Gasteiger partial charge on any atom is -0.480 e. The molecule has 0 aliphatic rings. The van der Waals surface area contributed by atoms with Crippen molar-refractivity contribution in [1.29, 1.82) is 0 Å². The molecule has 0 aliphatic heterocycles. The summed E-state index contributed by atoms with van der Waals surface area (Å²) in [5.74, 6) is -3.38. The first-order valence-electron chi connectivity index (χ1n) is 12.9. The van der Waals surface area contributed by atoms with E-state index in [1.165, 1.54) is 6.92 Å². The molecule has 13 heteroatoms. The van der Waals surface area contributed by atoms with Crippen LogP contribution in [-0.2, 0) is 25.6 Å². The molecule has 5 atom stereocenters. The third kappa shape index (κ3) is 9.28. The summed E-state index contributed by atoms with van der Waals surface area (Å²) in [7, 11) is 0. The number of aromatic amines is 1. The lowest BCUT2D eigenvalue weighted by molar-refractivity contribution is -0.142. The maximum absolute atomic E-state index is 13.0. The number of para-hydroxylation sites is 1. The van der Waals surface area contributed by atoms with Crippen LogP contribution in [0.3, 0.4) is 0 Å². The quantitative estimate of drug-likeness (QED) is 0.0840. The summed E-state index contributed by atoms with van der Waals surface area (Å²) in [5, 5.41) is 18.2. The van der Waals surface area contributed by atoms with Crippen molar-refractivity contribution in [2.24, 2.45) is 28.1 Å². The third-order valence-corrected chi connectivity index (χ3v) is 6.56. The predicted octanol–water partition coefficient (Wildman–Crippen LogP) is -0.304. The van der Waals surface area contributed by atoms with Crippen molar-refractivity contribution in [3.05, 3.63) is 36.0 Å². The summed E-state index contributed by atoms with van der Waals surface area (Å²) in [6.07, 6.45) is 3.03. The fourth-order valence-electron chi connectivity index (χ4n) is 4.02. The SMILES string of the molecule is CCC(C)C(NC(=O)C(C)NC(=O)C(N)Cc1c[nH]c2ccccc12)C(=O)NC(CCCN=C(N)N)C(=O)O. The van der Waals surface area contributed by atoms with Crippen molar-refractivity contribution in [3.63, 3.8) is 0 Å². The van der Waals surface area contributed by atoms with Gasteiger partial charge in [0.15, 0.2) is 5.96 Å². The molecule has 1 aromatic heterocycles. The van der Waals surface area contributed by atoms with E-state index < -0.39 is 47.9 Å². The fraction of sp³-hybridized carbons (Fsp3) is 0.500. The van der Waals surface area contributed by atoms with E-state index in [1.54, 1.807) is 13.1 Å². The van der Waals surface area contributed by atoms with Gasteiger partial charge in [0.25, 0.3) is 0 Å². The highest BCUT2D eigenvalue weighted by atomic mass is 16.4. The second kappa shape index (κ2) is 14.7. The Balaban J connectivity index is 1.98. The number of guanidine groups is 1. The Labute approximate surface area is 227 Å². The van der Waals surface area contributed by atoms with Gasteiger partial charge in [-0.25, -0.2) is 4.79 Å². The van der Waals surface area contributed by atoms with E-state index >= 15 is 0 Å². The number of benzene rings is 1. The molecule has 3 amide bonds. The number of carboxylic acids is 1. The number of aliphatic imine (C=N–C) groups is 1. The molecule has 5 unspecified atom stereocenters. The monoisotopic (exact) mass is 544 g/mol. The minimum atomic E-state index is -1.22. The molecule has 0 saturated carbocycles. The van der Waals surface area contributed by atoms with E-state index in [-0.39, 0.29) is 31.3 Å². The van der Waals surface area contributed by atoms with Gasteiger partial charge in [-0.05, 0) is 43.7 Å². The molecule has 11 N–H and O–H groups in total. The molecule has 0 saturated heterocycles. The van der Waals surface area contributed by atoms with E-state index in [4.69, 9.17) is 17.2 Å². The van der Waals surface area contributed by atoms with Crippen LogP contribution in [-0.4, -0.2) is 70.5 Å². The first kappa shape index (κ1) is 31.1. The normalized spacial score (nSPS) is 14.9. The number of amides is 3. The first-order valence-corrected chi connectivity index (χ1v) is 12.9. The zero-order valence-corrected chi connectivity index (χ0v) is 22.6. The lowest BCUT2D eigenvalue weighted by atomic mass is 9.97. The highest BCUT2D eigenvalue weighted by Crippen LogP contribution is 2.18. The number of rotatable bonds is 15. The number of nitrogens with two attached hydrogens (primary N) is 3. The van der Waals surface area contributed by atoms with Gasteiger partial charge in [0, 0.05) is 23.6 Å². The number of aromatic nitrogens is 1. The highest BCUT2D eigenvalue weighted by molar-refractivity contribution is 5.94. The lowest BCUT2D eigenvalue weighted by Crippen LogP contribution is -2.58. The Morgan fingerprint density at radius 2 is 1.72 bits per heavy atom. The van der Waals surface area contributed by atoms with Crippen LogP contribution in [0.2, 0.25) is 0 Å². The molecule has 0 aliphatic carbocycles. The van der Waals surface area contributed by atoms with Gasteiger partial charge in [-0.1, -0.05) is 38.5 Å². The maximum Gasteiger partial charge on any atom is 0.326 e. The largest absolute Gasteiger partial charge is 0.480 e. The number of carboxylic acid groups (broad SMARTS) is 1. The number of aliphatic carboxylic acids is 1. The lowest BCUT2D eigenvalue weighted by Gasteiger charge is -2.27. The van der Waals surface area contributed by atoms with Crippen molar-refractivity contribution in [2.75, 3.05) is 6.54 Å². The maximum atomic E-state index is 13.0. The average Bonchev–Trinajstić information content (AvgIpc) is 3.30. The molecule has 0 fully saturated rings. The van der Waals surface area contributed by atoms with Gasteiger partial charge in [-0.3, -0.25) is 19.4 Å². The summed E-state index contributed by atoms with van der Waals surface area (Å²) in [4.78, 5) is 57.3. The molecular weight excluding hydrogens is 504 g/mol. The van der Waals surface area contributed by atoms with Crippen molar-refractivity contribution in [1.82, 2.24) is 20.9 Å². The van der Waals surface area contributed by atoms with Crippen molar-refractivity contribution >= 4 is 40.6 Å². The van der Waals surface area contributed by atoms with Crippen molar-refractivity contribution in [3.8, 4) is 0 Å². The summed E-state index contributed by atoms with van der Waals surface area (Å²) >= 11 is 0. The average molecular weight is 545 g/mol. The number of nitrogens with zero attached hydrogens (tertiary/aromatic N) is 1. The van der Waals surface area contributed by atoms with Crippen LogP contribution in [0.25, 0.3) is 10.9 Å². The highest BCUT2D eigenvalue weighted by Gasteiger charge is 2.31. The first-order chi connectivity index (χ1) is 18.4. The summed E-state index contributed by atoms with van der Waals surface area (Å²) in [6, 6.07) is 3.57. The Kier molecular flexibility index (Phi) is 11.7. The third-order valence-electron chi connectivity index (χ3n) is 6.56. The molecule has 0 bridgehead atoms. The number of carbonyl (C=O) groups is 4. The van der Waals surface area contributed by atoms with E-state index in [0.29, 0.717) is 12.8 Å². The van der Waals surface area contributed by atoms with Gasteiger partial charge >= 0.3 is 5.97 Å². The van der Waals surface area contributed by atoms with Crippen LogP contribution in [0.15, 0.2) is 35.5 Å². The van der Waals surface area contributed by atoms with Gasteiger partial charge in [0.2, 0.25) is 17.7 Å². The van der Waals surface area contributed by atoms with Crippen LogP contribution in [0.4, 0.5) is 0 Å². The van der Waals surface area contributed by atoms with Crippen LogP contribution in [0, 0.1) is 5.92 Å². The number of H-pyrrole nitrogens is 1. The van der Waals surface area contributed by atoms with Crippen LogP contribution in [0.1, 0.15) is 45.6 Å². The van der Waals surface area contributed by atoms with Crippen molar-refractivity contribution in [2.45, 2.75) is 70.6 Å². The van der Waals surface area contributed by atoms with Crippen molar-refractivity contribution < 1.29 is 24.3 Å². The predicted molar refractivity (Wildman–Crippen MR) is 148 cm³/mol. The Morgan fingerprint density at radius 1 is 1.03 bits per heavy atom. The van der Waals surface area contributed by atoms with Crippen LogP contribution >= 0.6 is 0 Å². The summed E-state index contributed by atoms with van der Waals surface area (Å²) < 4.78 is 0. The van der Waals surface area contributed by atoms with Gasteiger partial charge in [0.05, 0.1) is 6.04 Å². The number of nitrogens with one attached hydrogen (secondary N) is 4.